The number of amides is 1. The third kappa shape index (κ3) is 3.38. The Hall–Kier alpha value is -2.09. The van der Waals surface area contributed by atoms with E-state index in [0.29, 0.717) is 22.9 Å². The first kappa shape index (κ1) is 16.8. The van der Waals surface area contributed by atoms with Crippen LogP contribution in [0.2, 0.25) is 0 Å². The molecule has 24 heavy (non-hydrogen) atoms. The first-order chi connectivity index (χ1) is 11.4. The van der Waals surface area contributed by atoms with Gasteiger partial charge in [0.2, 0.25) is 0 Å². The highest BCUT2D eigenvalue weighted by Gasteiger charge is 2.39. The van der Waals surface area contributed by atoms with Gasteiger partial charge in [0.05, 0.1) is 0 Å². The number of nitrogens with two attached hydrogens (primary N) is 1. The summed E-state index contributed by atoms with van der Waals surface area (Å²) in [6.07, 6.45) is -0.429. The molecule has 1 aromatic heterocycles. The van der Waals surface area contributed by atoms with E-state index in [9.17, 15) is 18.0 Å². The first-order valence-corrected chi connectivity index (χ1v) is 8.41. The van der Waals surface area contributed by atoms with Gasteiger partial charge in [0.25, 0.3) is 5.91 Å². The molecule has 0 unspecified atom stereocenters. The van der Waals surface area contributed by atoms with Crippen LogP contribution in [0.15, 0.2) is 24.3 Å². The fourth-order valence-electron chi connectivity index (χ4n) is 3.07. The average Bonchev–Trinajstić information content (AvgIpc) is 3.16. The molecule has 4 nitrogen and oxygen atoms in total. The van der Waals surface area contributed by atoms with Gasteiger partial charge in [-0.3, -0.25) is 4.79 Å². The molecule has 3 N–H and O–H groups in total. The SMILES string of the molecule is Nc1nc(C(F)(F)F)c(C(=O)Nc2ccccc2C2CCCC2)s1. The summed E-state index contributed by atoms with van der Waals surface area (Å²) in [6, 6.07) is 7.25. The molecule has 3 rings (SSSR count). The Balaban J connectivity index is 1.89. The molecule has 1 aromatic carbocycles. The molecule has 1 fully saturated rings. The van der Waals surface area contributed by atoms with Crippen LogP contribution < -0.4 is 11.1 Å². The number of nitrogen functional groups attached to an aromatic ring is 1. The van der Waals surface area contributed by atoms with Crippen LogP contribution in [-0.4, -0.2) is 10.9 Å². The van der Waals surface area contributed by atoms with Crippen LogP contribution in [0.5, 0.6) is 0 Å². The van der Waals surface area contributed by atoms with Crippen LogP contribution in [0.4, 0.5) is 24.0 Å². The van der Waals surface area contributed by atoms with E-state index in [4.69, 9.17) is 5.73 Å². The molecule has 1 aliphatic carbocycles. The van der Waals surface area contributed by atoms with E-state index in [0.717, 1.165) is 31.2 Å². The summed E-state index contributed by atoms with van der Waals surface area (Å²) >= 11 is 0.541. The summed E-state index contributed by atoms with van der Waals surface area (Å²) in [5, 5.41) is 2.32. The zero-order valence-electron chi connectivity index (χ0n) is 12.7. The van der Waals surface area contributed by atoms with Crippen molar-refractivity contribution in [2.45, 2.75) is 37.8 Å². The lowest BCUT2D eigenvalue weighted by Gasteiger charge is -2.16. The van der Waals surface area contributed by atoms with Gasteiger partial charge in [-0.05, 0) is 30.4 Å². The average molecular weight is 355 g/mol. The first-order valence-electron chi connectivity index (χ1n) is 7.60. The Morgan fingerprint density at radius 3 is 2.58 bits per heavy atom. The van der Waals surface area contributed by atoms with Gasteiger partial charge in [-0.1, -0.05) is 42.4 Å². The number of rotatable bonds is 3. The molecule has 1 saturated carbocycles. The van der Waals surface area contributed by atoms with E-state index in [2.05, 4.69) is 10.3 Å². The van der Waals surface area contributed by atoms with Gasteiger partial charge >= 0.3 is 6.18 Å². The van der Waals surface area contributed by atoms with Crippen LogP contribution in [0, 0.1) is 0 Å². The molecule has 8 heteroatoms. The summed E-state index contributed by atoms with van der Waals surface area (Å²) in [6.45, 7) is 0. The van der Waals surface area contributed by atoms with Gasteiger partial charge in [0, 0.05) is 5.69 Å². The minimum absolute atomic E-state index is 0.281. The summed E-state index contributed by atoms with van der Waals surface area (Å²) in [5.41, 5.74) is 5.65. The number of hydrogen-bond acceptors (Lipinski definition) is 4. The highest BCUT2D eigenvalue weighted by atomic mass is 32.1. The molecule has 0 bridgehead atoms. The lowest BCUT2D eigenvalue weighted by atomic mass is 9.96. The molecule has 2 aromatic rings. The molecule has 0 aliphatic heterocycles. The molecule has 0 atom stereocenters. The van der Waals surface area contributed by atoms with Crippen molar-refractivity contribution < 1.29 is 18.0 Å². The van der Waals surface area contributed by atoms with Crippen molar-refractivity contribution in [1.29, 1.82) is 0 Å². The number of alkyl halides is 3. The van der Waals surface area contributed by atoms with Crippen LogP contribution >= 0.6 is 11.3 Å². The molecule has 0 saturated heterocycles. The number of carbonyl (C=O) groups is 1. The number of para-hydroxylation sites is 1. The lowest BCUT2D eigenvalue weighted by molar-refractivity contribution is -0.140. The summed E-state index contributed by atoms with van der Waals surface area (Å²) < 4.78 is 39.0. The standard InChI is InChI=1S/C16H16F3N3OS/c17-16(18,19)13-12(24-15(20)22-13)14(23)21-11-8-4-3-7-10(11)9-5-1-2-6-9/h3-4,7-9H,1-2,5-6H2,(H2,20,22)(H,21,23). The Kier molecular flexibility index (Phi) is 4.49. The van der Waals surface area contributed by atoms with Gasteiger partial charge in [-0.2, -0.15) is 13.2 Å². The van der Waals surface area contributed by atoms with Crippen LogP contribution in [-0.2, 0) is 6.18 Å². The second-order valence-electron chi connectivity index (χ2n) is 5.75. The number of aromatic nitrogens is 1. The fourth-order valence-corrected chi connectivity index (χ4v) is 3.81. The number of hydrogen-bond donors (Lipinski definition) is 2. The highest BCUT2D eigenvalue weighted by Crippen LogP contribution is 2.39. The molecule has 1 amide bonds. The van der Waals surface area contributed by atoms with Gasteiger partial charge in [0.1, 0.15) is 4.88 Å². The van der Waals surface area contributed by atoms with Crippen molar-refractivity contribution in [2.75, 3.05) is 11.1 Å². The number of thiazole rings is 1. The number of benzene rings is 1. The van der Waals surface area contributed by atoms with E-state index < -0.39 is 22.7 Å². The van der Waals surface area contributed by atoms with Crippen molar-refractivity contribution in [3.05, 3.63) is 40.4 Å². The predicted molar refractivity (Wildman–Crippen MR) is 87.1 cm³/mol. The second kappa shape index (κ2) is 6.43. The molecule has 0 radical (unpaired) electrons. The van der Waals surface area contributed by atoms with Crippen LogP contribution in [0.25, 0.3) is 0 Å². The van der Waals surface area contributed by atoms with Gasteiger partial charge in [0.15, 0.2) is 10.8 Å². The predicted octanol–water partition coefficient (Wildman–Crippen LogP) is 4.65. The Morgan fingerprint density at radius 2 is 1.92 bits per heavy atom. The second-order valence-corrected chi connectivity index (χ2v) is 6.78. The highest BCUT2D eigenvalue weighted by molar-refractivity contribution is 7.17. The quantitative estimate of drug-likeness (QED) is 0.842. The van der Waals surface area contributed by atoms with Crippen molar-refractivity contribution in [3.8, 4) is 0 Å². The summed E-state index contributed by atoms with van der Waals surface area (Å²) in [4.78, 5) is 15.1. The van der Waals surface area contributed by atoms with Crippen molar-refractivity contribution in [1.82, 2.24) is 4.98 Å². The number of halogens is 3. The maximum atomic E-state index is 13.0. The maximum absolute atomic E-state index is 13.0. The zero-order valence-corrected chi connectivity index (χ0v) is 13.5. The topological polar surface area (TPSA) is 68.0 Å². The Morgan fingerprint density at radius 1 is 1.25 bits per heavy atom. The van der Waals surface area contributed by atoms with Gasteiger partial charge in [-0.25, -0.2) is 4.98 Å². The number of anilines is 2. The third-order valence-corrected chi connectivity index (χ3v) is 5.01. The molecule has 1 aliphatic rings. The largest absolute Gasteiger partial charge is 0.435 e. The van der Waals surface area contributed by atoms with Crippen molar-refractivity contribution >= 4 is 28.1 Å². The Labute approximate surface area is 140 Å². The minimum atomic E-state index is -4.72. The van der Waals surface area contributed by atoms with E-state index in [-0.39, 0.29) is 5.13 Å². The van der Waals surface area contributed by atoms with Gasteiger partial charge in [-0.15, -0.1) is 0 Å². The lowest BCUT2D eigenvalue weighted by Crippen LogP contribution is -2.18. The molecule has 1 heterocycles. The minimum Gasteiger partial charge on any atom is -0.375 e. The summed E-state index contributed by atoms with van der Waals surface area (Å²) in [7, 11) is 0. The maximum Gasteiger partial charge on any atom is 0.435 e. The molecular weight excluding hydrogens is 339 g/mol. The summed E-state index contributed by atoms with van der Waals surface area (Å²) in [5.74, 6) is -0.503. The van der Waals surface area contributed by atoms with Crippen molar-refractivity contribution in [2.24, 2.45) is 0 Å². The number of carbonyl (C=O) groups excluding carboxylic acids is 1. The van der Waals surface area contributed by atoms with Gasteiger partial charge < -0.3 is 11.1 Å². The molecule has 128 valence electrons. The Bertz CT molecular complexity index is 751. The fraction of sp³-hybridized carbons (Fsp3) is 0.375. The number of nitrogens with one attached hydrogen (secondary N) is 1. The van der Waals surface area contributed by atoms with Crippen LogP contribution in [0.3, 0.4) is 0 Å². The number of nitrogens with zero attached hydrogens (tertiary/aromatic N) is 1. The third-order valence-electron chi connectivity index (χ3n) is 4.12. The van der Waals surface area contributed by atoms with Crippen LogP contribution in [0.1, 0.15) is 52.5 Å². The van der Waals surface area contributed by atoms with E-state index >= 15 is 0 Å². The van der Waals surface area contributed by atoms with E-state index in [1.54, 1.807) is 12.1 Å². The molecule has 0 spiro atoms. The smallest absolute Gasteiger partial charge is 0.375 e. The molecular formula is C16H16F3N3OS. The normalized spacial score (nSPS) is 15.6. The van der Waals surface area contributed by atoms with E-state index in [1.807, 2.05) is 12.1 Å². The van der Waals surface area contributed by atoms with E-state index in [1.165, 1.54) is 0 Å². The van der Waals surface area contributed by atoms with Crippen molar-refractivity contribution in [3.63, 3.8) is 0 Å². The zero-order chi connectivity index (χ0) is 17.3. The monoisotopic (exact) mass is 355 g/mol.